The summed E-state index contributed by atoms with van der Waals surface area (Å²) in [5, 5.41) is 0. The number of benzene rings is 1. The third-order valence-electron chi connectivity index (χ3n) is 4.85. The van der Waals surface area contributed by atoms with Gasteiger partial charge in [-0.15, -0.1) is 0 Å². The van der Waals surface area contributed by atoms with Crippen LogP contribution in [0.15, 0.2) is 18.2 Å². The molecule has 144 valence electrons. The van der Waals surface area contributed by atoms with Crippen LogP contribution >= 0.6 is 0 Å². The van der Waals surface area contributed by atoms with Gasteiger partial charge < -0.3 is 9.64 Å². The fourth-order valence-electron chi connectivity index (χ4n) is 3.18. The van der Waals surface area contributed by atoms with Gasteiger partial charge in [-0.2, -0.15) is 0 Å². The van der Waals surface area contributed by atoms with Gasteiger partial charge >= 0.3 is 5.97 Å². The topological polar surface area (TPSA) is 49.9 Å². The summed E-state index contributed by atoms with van der Waals surface area (Å²) in [6.07, 6.45) is 2.34. The molecule has 5 nitrogen and oxygen atoms in total. The molecule has 7 heteroatoms. The summed E-state index contributed by atoms with van der Waals surface area (Å²) >= 11 is 0. The molecule has 0 aliphatic carbocycles. The summed E-state index contributed by atoms with van der Waals surface area (Å²) in [7, 11) is 1.74. The number of carbonyl (C=O) groups is 2. The van der Waals surface area contributed by atoms with E-state index in [1.54, 1.807) is 23.8 Å². The second-order valence-electron chi connectivity index (χ2n) is 6.62. The predicted molar refractivity (Wildman–Crippen MR) is 93.4 cm³/mol. The molecule has 0 spiro atoms. The zero-order chi connectivity index (χ0) is 19.3. The van der Waals surface area contributed by atoms with Gasteiger partial charge in [-0.1, -0.05) is 6.07 Å². The highest BCUT2D eigenvalue weighted by Gasteiger charge is 2.33. The molecule has 0 N–H and O–H groups in total. The summed E-state index contributed by atoms with van der Waals surface area (Å²) in [4.78, 5) is 28.2. The van der Waals surface area contributed by atoms with E-state index in [2.05, 4.69) is 0 Å². The van der Waals surface area contributed by atoms with Crippen LogP contribution in [0.25, 0.3) is 0 Å². The number of esters is 1. The van der Waals surface area contributed by atoms with Crippen molar-refractivity contribution in [2.75, 3.05) is 26.7 Å². The Kier molecular flexibility index (Phi) is 7.08. The molecule has 1 amide bonds. The number of carbonyl (C=O) groups excluding carboxylic acids is 2. The van der Waals surface area contributed by atoms with Gasteiger partial charge in [0.25, 0.3) is 0 Å². The highest BCUT2D eigenvalue weighted by molar-refractivity contribution is 5.85. The van der Waals surface area contributed by atoms with E-state index in [9.17, 15) is 18.4 Å². The van der Waals surface area contributed by atoms with E-state index in [-0.39, 0.29) is 31.1 Å². The number of rotatable bonds is 6. The molecule has 1 saturated heterocycles. The van der Waals surface area contributed by atoms with Crippen LogP contribution in [0.1, 0.15) is 44.7 Å². The maximum atomic E-state index is 13.4. The van der Waals surface area contributed by atoms with Crippen molar-refractivity contribution in [2.45, 2.75) is 45.2 Å². The van der Waals surface area contributed by atoms with Crippen molar-refractivity contribution >= 4 is 11.9 Å². The lowest BCUT2D eigenvalue weighted by molar-refractivity contribution is -0.157. The summed E-state index contributed by atoms with van der Waals surface area (Å²) < 4.78 is 31.6. The molecule has 2 rings (SSSR count). The van der Waals surface area contributed by atoms with Crippen LogP contribution < -0.4 is 0 Å². The first-order valence-electron chi connectivity index (χ1n) is 8.96. The minimum absolute atomic E-state index is 0.0794. The summed E-state index contributed by atoms with van der Waals surface area (Å²) in [6, 6.07) is 2.91. The maximum Gasteiger partial charge on any atom is 0.328 e. The highest BCUT2D eigenvalue weighted by Crippen LogP contribution is 2.23. The Morgan fingerprint density at radius 1 is 1.31 bits per heavy atom. The molecule has 0 saturated carbocycles. The standard InChI is InChI=1S/C19H26F2N2O3/c1-4-26-19(25)17-7-5-6-10-23(17)18(24)12-22(3)13(2)14-8-9-15(20)16(21)11-14/h8-9,11,13,17H,4-7,10,12H2,1-3H3. The number of nitrogens with zero attached hydrogens (tertiary/aromatic N) is 2. The van der Waals surface area contributed by atoms with E-state index in [4.69, 9.17) is 4.74 Å². The van der Waals surface area contributed by atoms with Crippen LogP contribution in [0.5, 0.6) is 0 Å². The summed E-state index contributed by atoms with van der Waals surface area (Å²) in [6.45, 7) is 4.44. The molecule has 0 bridgehead atoms. The Morgan fingerprint density at radius 3 is 2.69 bits per heavy atom. The molecular formula is C19H26F2N2O3. The van der Waals surface area contributed by atoms with Crippen LogP contribution in [0.4, 0.5) is 8.78 Å². The molecule has 0 radical (unpaired) electrons. The number of hydrogen-bond acceptors (Lipinski definition) is 4. The van der Waals surface area contributed by atoms with E-state index in [1.165, 1.54) is 6.07 Å². The van der Waals surface area contributed by atoms with Gasteiger partial charge in [-0.05, 0) is 57.9 Å². The van der Waals surface area contributed by atoms with Gasteiger partial charge in [0, 0.05) is 12.6 Å². The minimum atomic E-state index is -0.910. The lowest BCUT2D eigenvalue weighted by atomic mass is 10.0. The van der Waals surface area contributed by atoms with Crippen LogP contribution in [-0.4, -0.2) is 54.5 Å². The van der Waals surface area contributed by atoms with E-state index < -0.39 is 17.7 Å². The van der Waals surface area contributed by atoms with Gasteiger partial charge in [0.1, 0.15) is 6.04 Å². The molecule has 1 aromatic carbocycles. The molecule has 2 atom stereocenters. The molecule has 1 heterocycles. The third-order valence-corrected chi connectivity index (χ3v) is 4.85. The minimum Gasteiger partial charge on any atom is -0.464 e. The molecule has 26 heavy (non-hydrogen) atoms. The van der Waals surface area contributed by atoms with E-state index in [1.807, 2.05) is 6.92 Å². The average molecular weight is 368 g/mol. The molecular weight excluding hydrogens is 342 g/mol. The first-order chi connectivity index (χ1) is 12.3. The predicted octanol–water partition coefficient (Wildman–Crippen LogP) is 2.90. The monoisotopic (exact) mass is 368 g/mol. The second kappa shape index (κ2) is 9.07. The van der Waals surface area contributed by atoms with E-state index in [0.29, 0.717) is 18.5 Å². The fourth-order valence-corrected chi connectivity index (χ4v) is 3.18. The van der Waals surface area contributed by atoms with Gasteiger partial charge in [0.05, 0.1) is 13.2 Å². The Labute approximate surface area is 152 Å². The lowest BCUT2D eigenvalue weighted by Crippen LogP contribution is -2.51. The Morgan fingerprint density at radius 2 is 2.04 bits per heavy atom. The van der Waals surface area contributed by atoms with Crippen molar-refractivity contribution in [3.63, 3.8) is 0 Å². The zero-order valence-electron chi connectivity index (χ0n) is 15.5. The Balaban J connectivity index is 2.04. The van der Waals surface area contributed by atoms with Crippen LogP contribution in [-0.2, 0) is 14.3 Å². The molecule has 2 unspecified atom stereocenters. The van der Waals surface area contributed by atoms with Crippen molar-refractivity contribution in [1.82, 2.24) is 9.80 Å². The number of hydrogen-bond donors (Lipinski definition) is 0. The summed E-state index contributed by atoms with van der Waals surface area (Å²) in [5.41, 5.74) is 0.583. The fraction of sp³-hybridized carbons (Fsp3) is 0.579. The van der Waals surface area contributed by atoms with Crippen molar-refractivity contribution in [2.24, 2.45) is 0 Å². The van der Waals surface area contributed by atoms with Crippen molar-refractivity contribution in [3.8, 4) is 0 Å². The van der Waals surface area contributed by atoms with Crippen LogP contribution in [0.2, 0.25) is 0 Å². The zero-order valence-corrected chi connectivity index (χ0v) is 15.5. The molecule has 0 aromatic heterocycles. The third kappa shape index (κ3) is 4.78. The number of halogens is 2. The van der Waals surface area contributed by atoms with Crippen molar-refractivity contribution in [1.29, 1.82) is 0 Å². The van der Waals surface area contributed by atoms with Crippen LogP contribution in [0.3, 0.4) is 0 Å². The molecule has 1 aromatic rings. The first kappa shape index (κ1) is 20.3. The van der Waals surface area contributed by atoms with E-state index >= 15 is 0 Å². The Hall–Kier alpha value is -2.02. The number of likely N-dealkylation sites (tertiary alicyclic amines) is 1. The SMILES string of the molecule is CCOC(=O)C1CCCCN1C(=O)CN(C)C(C)c1ccc(F)c(F)c1. The van der Waals surface area contributed by atoms with Gasteiger partial charge in [-0.25, -0.2) is 13.6 Å². The second-order valence-corrected chi connectivity index (χ2v) is 6.62. The normalized spacial score (nSPS) is 18.7. The molecule has 1 aliphatic heterocycles. The van der Waals surface area contributed by atoms with Crippen molar-refractivity contribution < 1.29 is 23.1 Å². The molecule has 1 aliphatic rings. The van der Waals surface area contributed by atoms with Crippen LogP contribution in [0, 0.1) is 11.6 Å². The van der Waals surface area contributed by atoms with Gasteiger partial charge in [-0.3, -0.25) is 9.69 Å². The van der Waals surface area contributed by atoms with E-state index in [0.717, 1.165) is 25.0 Å². The largest absolute Gasteiger partial charge is 0.464 e. The quantitative estimate of drug-likeness (QED) is 0.725. The maximum absolute atomic E-state index is 13.4. The van der Waals surface area contributed by atoms with Crippen molar-refractivity contribution in [3.05, 3.63) is 35.4 Å². The summed E-state index contributed by atoms with van der Waals surface area (Å²) in [5.74, 6) is -2.34. The number of piperidine rings is 1. The van der Waals surface area contributed by atoms with Gasteiger partial charge in [0.15, 0.2) is 11.6 Å². The first-order valence-corrected chi connectivity index (χ1v) is 8.96. The van der Waals surface area contributed by atoms with Gasteiger partial charge in [0.2, 0.25) is 5.91 Å². The number of likely N-dealkylation sites (N-methyl/N-ethyl adjacent to an activating group) is 1. The highest BCUT2D eigenvalue weighted by atomic mass is 19.2. The lowest BCUT2D eigenvalue weighted by Gasteiger charge is -2.36. The number of amides is 1. The smallest absolute Gasteiger partial charge is 0.328 e. The Bertz CT molecular complexity index is 654. The molecule has 1 fully saturated rings. The number of ether oxygens (including phenoxy) is 1. The average Bonchev–Trinajstić information content (AvgIpc) is 2.63.